The lowest BCUT2D eigenvalue weighted by Crippen LogP contribution is -2.04. The minimum atomic E-state index is -0.402. The van der Waals surface area contributed by atoms with Gasteiger partial charge >= 0.3 is 5.97 Å². The first-order valence-electron chi connectivity index (χ1n) is 4.53. The van der Waals surface area contributed by atoms with Crippen molar-refractivity contribution in [2.45, 2.75) is 6.92 Å². The molecular formula is C10H9ClN2O2. The summed E-state index contributed by atoms with van der Waals surface area (Å²) in [6, 6.07) is 3.47. The van der Waals surface area contributed by atoms with E-state index in [-0.39, 0.29) is 0 Å². The Kier molecular flexibility index (Phi) is 2.60. The van der Waals surface area contributed by atoms with Gasteiger partial charge in [0.1, 0.15) is 5.56 Å². The van der Waals surface area contributed by atoms with E-state index in [1.54, 1.807) is 29.8 Å². The topological polar surface area (TPSA) is 43.6 Å². The highest BCUT2D eigenvalue weighted by Gasteiger charge is 2.15. The second-order valence-electron chi connectivity index (χ2n) is 2.93. The minimum absolute atomic E-state index is 0.334. The zero-order chi connectivity index (χ0) is 10.8. The van der Waals surface area contributed by atoms with Crippen LogP contribution < -0.4 is 0 Å². The Morgan fingerprint density at radius 3 is 3.20 bits per heavy atom. The normalized spacial score (nSPS) is 10.5. The molecule has 0 aliphatic carbocycles. The summed E-state index contributed by atoms with van der Waals surface area (Å²) < 4.78 is 6.45. The summed E-state index contributed by atoms with van der Waals surface area (Å²) in [5.41, 5.74) is 0.972. The van der Waals surface area contributed by atoms with Gasteiger partial charge in [0.25, 0.3) is 0 Å². The molecule has 0 atom stereocenters. The number of hydrogen-bond acceptors (Lipinski definition) is 3. The molecule has 0 aromatic carbocycles. The van der Waals surface area contributed by atoms with Gasteiger partial charge in [-0.15, -0.1) is 0 Å². The number of pyridine rings is 1. The van der Waals surface area contributed by atoms with Crippen molar-refractivity contribution < 1.29 is 9.53 Å². The Morgan fingerprint density at radius 1 is 1.67 bits per heavy atom. The quantitative estimate of drug-likeness (QED) is 0.735. The van der Waals surface area contributed by atoms with Crippen LogP contribution in [0.25, 0.3) is 5.52 Å². The Labute approximate surface area is 91.4 Å². The van der Waals surface area contributed by atoms with Crippen LogP contribution >= 0.6 is 11.6 Å². The van der Waals surface area contributed by atoms with Crippen molar-refractivity contribution in [2.24, 2.45) is 0 Å². The molecule has 2 aromatic heterocycles. The molecule has 0 fully saturated rings. The van der Waals surface area contributed by atoms with Gasteiger partial charge in [-0.1, -0.05) is 11.6 Å². The number of halogens is 1. The largest absolute Gasteiger partial charge is 0.462 e. The van der Waals surface area contributed by atoms with E-state index in [0.29, 0.717) is 22.7 Å². The Morgan fingerprint density at radius 2 is 2.47 bits per heavy atom. The second-order valence-corrected chi connectivity index (χ2v) is 3.34. The maximum absolute atomic E-state index is 11.5. The van der Waals surface area contributed by atoms with Crippen molar-refractivity contribution in [3.63, 3.8) is 0 Å². The van der Waals surface area contributed by atoms with Gasteiger partial charge in [0.2, 0.25) is 0 Å². The summed E-state index contributed by atoms with van der Waals surface area (Å²) in [6.45, 7) is 2.09. The zero-order valence-corrected chi connectivity index (χ0v) is 8.86. The maximum atomic E-state index is 11.5. The van der Waals surface area contributed by atoms with Crippen molar-refractivity contribution >= 4 is 23.1 Å². The van der Waals surface area contributed by atoms with Crippen molar-refractivity contribution in [1.29, 1.82) is 0 Å². The summed E-state index contributed by atoms with van der Waals surface area (Å²) in [4.78, 5) is 11.5. The predicted molar refractivity (Wildman–Crippen MR) is 56.2 cm³/mol. The van der Waals surface area contributed by atoms with Crippen LogP contribution in [0.5, 0.6) is 0 Å². The van der Waals surface area contributed by atoms with Crippen LogP contribution in [0.3, 0.4) is 0 Å². The number of carbonyl (C=O) groups excluding carboxylic acids is 1. The van der Waals surface area contributed by atoms with Crippen LogP contribution in [0.1, 0.15) is 17.3 Å². The molecule has 0 radical (unpaired) electrons. The SMILES string of the molecule is CCOC(=O)c1cnn2cccc(Cl)c12. The van der Waals surface area contributed by atoms with Gasteiger partial charge in [0.05, 0.1) is 23.3 Å². The van der Waals surface area contributed by atoms with E-state index in [0.717, 1.165) is 0 Å². The van der Waals surface area contributed by atoms with Crippen LogP contribution in [0.4, 0.5) is 0 Å². The summed E-state index contributed by atoms with van der Waals surface area (Å²) in [5.74, 6) is -0.402. The monoisotopic (exact) mass is 224 g/mol. The molecule has 0 spiro atoms. The van der Waals surface area contributed by atoms with E-state index in [2.05, 4.69) is 5.10 Å². The smallest absolute Gasteiger partial charge is 0.342 e. The van der Waals surface area contributed by atoms with Gasteiger partial charge in [-0.25, -0.2) is 9.31 Å². The number of fused-ring (bicyclic) bond motifs is 1. The highest BCUT2D eigenvalue weighted by molar-refractivity contribution is 6.34. The lowest BCUT2D eigenvalue weighted by molar-refractivity contribution is 0.0528. The third-order valence-electron chi connectivity index (χ3n) is 1.99. The van der Waals surface area contributed by atoms with Crippen LogP contribution in [-0.2, 0) is 4.74 Å². The lowest BCUT2D eigenvalue weighted by Gasteiger charge is -2.00. The summed E-state index contributed by atoms with van der Waals surface area (Å²) >= 11 is 5.98. The number of hydrogen-bond donors (Lipinski definition) is 0. The first-order chi connectivity index (χ1) is 7.24. The first-order valence-corrected chi connectivity index (χ1v) is 4.90. The van der Waals surface area contributed by atoms with Gasteiger partial charge in [0.15, 0.2) is 0 Å². The molecule has 5 heteroatoms. The summed E-state index contributed by atoms with van der Waals surface area (Å²) in [5, 5.41) is 4.50. The number of nitrogens with zero attached hydrogens (tertiary/aromatic N) is 2. The van der Waals surface area contributed by atoms with E-state index in [1.165, 1.54) is 6.20 Å². The molecule has 0 unspecified atom stereocenters. The number of aromatic nitrogens is 2. The van der Waals surface area contributed by atoms with E-state index in [9.17, 15) is 4.79 Å². The molecule has 0 bridgehead atoms. The number of esters is 1. The van der Waals surface area contributed by atoms with Crippen molar-refractivity contribution in [1.82, 2.24) is 9.61 Å². The molecule has 0 amide bonds. The molecule has 15 heavy (non-hydrogen) atoms. The van der Waals surface area contributed by atoms with Crippen molar-refractivity contribution in [3.05, 3.63) is 35.1 Å². The standard InChI is InChI=1S/C10H9ClN2O2/c1-2-15-10(14)7-6-12-13-5-3-4-8(11)9(7)13/h3-6H,2H2,1H3. The Hall–Kier alpha value is -1.55. The first kappa shape index (κ1) is 9.98. The van der Waals surface area contributed by atoms with Gasteiger partial charge in [-0.2, -0.15) is 5.10 Å². The molecule has 0 aliphatic rings. The fourth-order valence-corrected chi connectivity index (χ4v) is 1.62. The minimum Gasteiger partial charge on any atom is -0.462 e. The Balaban J connectivity index is 2.57. The molecule has 2 aromatic rings. The molecule has 4 nitrogen and oxygen atoms in total. The second kappa shape index (κ2) is 3.90. The molecular weight excluding hydrogens is 216 g/mol. The van der Waals surface area contributed by atoms with E-state index >= 15 is 0 Å². The predicted octanol–water partition coefficient (Wildman–Crippen LogP) is 2.16. The van der Waals surface area contributed by atoms with Crippen LogP contribution in [0, 0.1) is 0 Å². The van der Waals surface area contributed by atoms with E-state index in [4.69, 9.17) is 16.3 Å². The highest BCUT2D eigenvalue weighted by Crippen LogP contribution is 2.21. The number of ether oxygens (including phenoxy) is 1. The number of carbonyl (C=O) groups is 1. The third kappa shape index (κ3) is 1.68. The van der Waals surface area contributed by atoms with Gasteiger partial charge < -0.3 is 4.74 Å². The van der Waals surface area contributed by atoms with Crippen LogP contribution in [0.2, 0.25) is 5.02 Å². The maximum Gasteiger partial charge on any atom is 0.342 e. The molecule has 0 saturated carbocycles. The molecule has 78 valence electrons. The lowest BCUT2D eigenvalue weighted by atomic mass is 10.2. The van der Waals surface area contributed by atoms with Crippen LogP contribution in [0.15, 0.2) is 24.5 Å². The number of rotatable bonds is 2. The third-order valence-corrected chi connectivity index (χ3v) is 2.29. The van der Waals surface area contributed by atoms with Crippen molar-refractivity contribution in [3.8, 4) is 0 Å². The Bertz CT molecular complexity index is 507. The average Bonchev–Trinajstić information content (AvgIpc) is 2.63. The summed E-state index contributed by atoms with van der Waals surface area (Å²) in [6.07, 6.45) is 3.18. The van der Waals surface area contributed by atoms with Gasteiger partial charge in [-0.05, 0) is 19.1 Å². The van der Waals surface area contributed by atoms with Crippen LogP contribution in [-0.4, -0.2) is 22.2 Å². The average molecular weight is 225 g/mol. The van der Waals surface area contributed by atoms with Gasteiger partial charge in [-0.3, -0.25) is 0 Å². The molecule has 2 rings (SSSR count). The molecule has 0 aliphatic heterocycles. The van der Waals surface area contributed by atoms with E-state index in [1.807, 2.05) is 0 Å². The van der Waals surface area contributed by atoms with E-state index < -0.39 is 5.97 Å². The highest BCUT2D eigenvalue weighted by atomic mass is 35.5. The summed E-state index contributed by atoms with van der Waals surface area (Å²) in [7, 11) is 0. The fraction of sp³-hybridized carbons (Fsp3) is 0.200. The molecule has 0 saturated heterocycles. The van der Waals surface area contributed by atoms with Crippen molar-refractivity contribution in [2.75, 3.05) is 6.61 Å². The molecule has 2 heterocycles. The molecule has 0 N–H and O–H groups in total. The zero-order valence-electron chi connectivity index (χ0n) is 8.11. The fourth-order valence-electron chi connectivity index (χ4n) is 1.36. The van der Waals surface area contributed by atoms with Gasteiger partial charge in [0, 0.05) is 6.20 Å².